The van der Waals surface area contributed by atoms with Gasteiger partial charge in [0, 0.05) is 5.56 Å². The number of hydrogen-bond donors (Lipinski definition) is 3. The van der Waals surface area contributed by atoms with Gasteiger partial charge >= 0.3 is 5.91 Å². The van der Waals surface area contributed by atoms with Crippen LogP contribution in [0.2, 0.25) is 0 Å². The topological polar surface area (TPSA) is 85.0 Å². The predicted octanol–water partition coefficient (Wildman–Crippen LogP) is -0.236. The maximum absolute atomic E-state index is 11.8. The Kier molecular flexibility index (Phi) is 5.76. The molecule has 0 aliphatic rings. The van der Waals surface area contributed by atoms with Crippen LogP contribution in [0, 0.1) is 0 Å². The molecule has 3 N–H and O–H groups in total. The van der Waals surface area contributed by atoms with Gasteiger partial charge in [0.25, 0.3) is 5.91 Å². The second-order valence-corrected chi connectivity index (χ2v) is 5.14. The third kappa shape index (κ3) is 5.15. The van der Waals surface area contributed by atoms with Gasteiger partial charge in [-0.15, -0.1) is 0 Å². The SMILES string of the molecule is COc1ccc(C[NH+](C)CC(=O)NNC(=O)c2ccco2)cc1. The highest BCUT2D eigenvalue weighted by molar-refractivity contribution is 5.92. The molecule has 0 spiro atoms. The summed E-state index contributed by atoms with van der Waals surface area (Å²) < 4.78 is 10.0. The first-order valence-corrected chi connectivity index (χ1v) is 7.15. The summed E-state index contributed by atoms with van der Waals surface area (Å²) in [5.41, 5.74) is 5.77. The number of furan rings is 1. The van der Waals surface area contributed by atoms with Crippen molar-refractivity contribution in [1.29, 1.82) is 0 Å². The highest BCUT2D eigenvalue weighted by Gasteiger charge is 2.13. The molecule has 7 nitrogen and oxygen atoms in total. The van der Waals surface area contributed by atoms with Crippen molar-refractivity contribution >= 4 is 11.8 Å². The van der Waals surface area contributed by atoms with Crippen molar-refractivity contribution in [1.82, 2.24) is 10.9 Å². The summed E-state index contributed by atoms with van der Waals surface area (Å²) in [7, 11) is 3.52. The number of hydrogen-bond acceptors (Lipinski definition) is 4. The summed E-state index contributed by atoms with van der Waals surface area (Å²) in [6.45, 7) is 0.911. The first kappa shape index (κ1) is 16.6. The Morgan fingerprint density at radius 3 is 2.52 bits per heavy atom. The fourth-order valence-corrected chi connectivity index (χ4v) is 2.07. The molecular weight excluding hydrogens is 298 g/mol. The summed E-state index contributed by atoms with van der Waals surface area (Å²) in [4.78, 5) is 24.4. The maximum Gasteiger partial charge on any atom is 0.305 e. The zero-order chi connectivity index (χ0) is 16.7. The molecule has 1 unspecified atom stereocenters. The van der Waals surface area contributed by atoms with Crippen LogP contribution in [-0.4, -0.2) is 32.5 Å². The number of nitrogens with one attached hydrogen (secondary N) is 3. The lowest BCUT2D eigenvalue weighted by atomic mass is 10.2. The Hall–Kier alpha value is -2.80. The monoisotopic (exact) mass is 318 g/mol. The zero-order valence-corrected chi connectivity index (χ0v) is 13.1. The van der Waals surface area contributed by atoms with Crippen LogP contribution in [0.15, 0.2) is 47.1 Å². The van der Waals surface area contributed by atoms with Crippen LogP contribution in [0.25, 0.3) is 0 Å². The average molecular weight is 318 g/mol. The van der Waals surface area contributed by atoms with E-state index in [9.17, 15) is 9.59 Å². The Morgan fingerprint density at radius 1 is 1.17 bits per heavy atom. The molecule has 122 valence electrons. The first-order valence-electron chi connectivity index (χ1n) is 7.15. The smallest absolute Gasteiger partial charge is 0.305 e. The van der Waals surface area contributed by atoms with Crippen molar-refractivity contribution in [2.45, 2.75) is 6.54 Å². The van der Waals surface area contributed by atoms with E-state index in [0.717, 1.165) is 16.2 Å². The number of benzene rings is 1. The Bertz CT molecular complexity index is 638. The zero-order valence-electron chi connectivity index (χ0n) is 13.1. The molecule has 2 aromatic rings. The molecule has 1 aromatic carbocycles. The molecule has 7 heteroatoms. The summed E-state index contributed by atoms with van der Waals surface area (Å²) in [5, 5.41) is 0. The number of ether oxygens (including phenoxy) is 1. The van der Waals surface area contributed by atoms with Crippen LogP contribution in [0.5, 0.6) is 5.75 Å². The van der Waals surface area contributed by atoms with Gasteiger partial charge < -0.3 is 14.1 Å². The Morgan fingerprint density at radius 2 is 1.91 bits per heavy atom. The second kappa shape index (κ2) is 8.00. The molecule has 0 aliphatic heterocycles. The van der Waals surface area contributed by atoms with Gasteiger partial charge in [0.15, 0.2) is 12.3 Å². The van der Waals surface area contributed by atoms with E-state index in [1.165, 1.54) is 12.3 Å². The maximum atomic E-state index is 11.8. The van der Waals surface area contributed by atoms with Crippen molar-refractivity contribution < 1.29 is 23.6 Å². The minimum Gasteiger partial charge on any atom is -0.497 e. The molecule has 1 atom stereocenters. The summed E-state index contributed by atoms with van der Waals surface area (Å²) in [6, 6.07) is 10.8. The van der Waals surface area contributed by atoms with Crippen molar-refractivity contribution in [2.24, 2.45) is 0 Å². The van der Waals surface area contributed by atoms with Gasteiger partial charge in [0.1, 0.15) is 12.3 Å². The third-order valence-corrected chi connectivity index (χ3v) is 3.19. The highest BCUT2D eigenvalue weighted by Crippen LogP contribution is 2.10. The van der Waals surface area contributed by atoms with E-state index in [2.05, 4.69) is 10.9 Å². The van der Waals surface area contributed by atoms with E-state index in [-0.39, 0.29) is 18.2 Å². The molecule has 0 bridgehead atoms. The van der Waals surface area contributed by atoms with Crippen LogP contribution in [0.4, 0.5) is 0 Å². The summed E-state index contributed by atoms with van der Waals surface area (Å²) >= 11 is 0. The van der Waals surface area contributed by atoms with E-state index in [0.29, 0.717) is 6.54 Å². The van der Waals surface area contributed by atoms with Gasteiger partial charge in [-0.2, -0.15) is 0 Å². The lowest BCUT2D eigenvalue weighted by molar-refractivity contribution is -0.885. The standard InChI is InChI=1S/C16H19N3O4/c1-19(10-12-5-7-13(22-2)8-6-12)11-15(20)17-18-16(21)14-4-3-9-23-14/h3-9H,10-11H2,1-2H3,(H,17,20)(H,18,21)/p+1. The van der Waals surface area contributed by atoms with Gasteiger partial charge in [-0.25, -0.2) is 0 Å². The minimum atomic E-state index is -0.490. The van der Waals surface area contributed by atoms with Crippen molar-refractivity contribution in [3.63, 3.8) is 0 Å². The molecule has 0 saturated carbocycles. The fraction of sp³-hybridized carbons (Fsp3) is 0.250. The van der Waals surface area contributed by atoms with E-state index in [4.69, 9.17) is 9.15 Å². The van der Waals surface area contributed by atoms with Gasteiger partial charge in [-0.05, 0) is 36.4 Å². The summed E-state index contributed by atoms with van der Waals surface area (Å²) in [5.74, 6) is 0.168. The van der Waals surface area contributed by atoms with E-state index >= 15 is 0 Å². The molecule has 0 saturated heterocycles. The fourth-order valence-electron chi connectivity index (χ4n) is 2.07. The number of rotatable bonds is 6. The first-order chi connectivity index (χ1) is 11.1. The molecule has 1 heterocycles. The van der Waals surface area contributed by atoms with Crippen LogP contribution < -0.4 is 20.5 Å². The predicted molar refractivity (Wildman–Crippen MR) is 82.8 cm³/mol. The van der Waals surface area contributed by atoms with Gasteiger partial charge in [0.2, 0.25) is 0 Å². The number of likely N-dealkylation sites (N-methyl/N-ethyl adjacent to an activating group) is 1. The van der Waals surface area contributed by atoms with Crippen molar-refractivity contribution in [2.75, 3.05) is 20.7 Å². The number of quaternary nitrogens is 1. The van der Waals surface area contributed by atoms with Crippen molar-refractivity contribution in [3.05, 3.63) is 54.0 Å². The number of hydrazine groups is 1. The third-order valence-electron chi connectivity index (χ3n) is 3.19. The average Bonchev–Trinajstić information content (AvgIpc) is 3.07. The number of carbonyl (C=O) groups is 2. The molecule has 23 heavy (non-hydrogen) atoms. The molecule has 2 rings (SSSR count). The lowest BCUT2D eigenvalue weighted by Gasteiger charge is -2.14. The minimum absolute atomic E-state index is 0.143. The molecule has 0 aliphatic carbocycles. The molecule has 0 radical (unpaired) electrons. The highest BCUT2D eigenvalue weighted by atomic mass is 16.5. The van der Waals surface area contributed by atoms with Gasteiger partial charge in [-0.1, -0.05) is 0 Å². The summed E-state index contributed by atoms with van der Waals surface area (Å²) in [6.07, 6.45) is 1.39. The normalized spacial score (nSPS) is 11.6. The second-order valence-electron chi connectivity index (χ2n) is 5.14. The Labute approximate surface area is 134 Å². The number of amides is 2. The number of carbonyl (C=O) groups excluding carboxylic acids is 2. The quantitative estimate of drug-likeness (QED) is 0.642. The molecule has 2 amide bonds. The van der Waals surface area contributed by atoms with Gasteiger partial charge in [0.05, 0.1) is 20.4 Å². The van der Waals surface area contributed by atoms with E-state index in [1.807, 2.05) is 31.3 Å². The molecule has 0 fully saturated rings. The Balaban J connectivity index is 1.74. The van der Waals surface area contributed by atoms with E-state index in [1.54, 1.807) is 13.2 Å². The lowest BCUT2D eigenvalue weighted by Crippen LogP contribution is -3.09. The van der Waals surface area contributed by atoms with Crippen LogP contribution >= 0.6 is 0 Å². The largest absolute Gasteiger partial charge is 0.497 e. The van der Waals surface area contributed by atoms with Crippen LogP contribution in [0.1, 0.15) is 16.1 Å². The van der Waals surface area contributed by atoms with E-state index < -0.39 is 5.91 Å². The van der Waals surface area contributed by atoms with Gasteiger partial charge in [-0.3, -0.25) is 20.4 Å². The number of methoxy groups -OCH3 is 1. The molecule has 1 aromatic heterocycles. The van der Waals surface area contributed by atoms with Crippen LogP contribution in [0.3, 0.4) is 0 Å². The van der Waals surface area contributed by atoms with Crippen molar-refractivity contribution in [3.8, 4) is 5.75 Å². The molecular formula is C16H20N3O4+. The van der Waals surface area contributed by atoms with Crippen LogP contribution in [-0.2, 0) is 11.3 Å².